The number of rotatable bonds is 7. The summed E-state index contributed by atoms with van der Waals surface area (Å²) in [4.78, 5) is 41.5. The van der Waals surface area contributed by atoms with Gasteiger partial charge in [-0.1, -0.05) is 49.6 Å². The number of benzene rings is 1. The fraction of sp³-hybridized carbons (Fsp3) is 0.429. The molecule has 1 aromatic carbocycles. The van der Waals surface area contributed by atoms with Crippen molar-refractivity contribution in [3.63, 3.8) is 0 Å². The van der Waals surface area contributed by atoms with Gasteiger partial charge in [0.05, 0.1) is 17.4 Å². The van der Waals surface area contributed by atoms with Crippen LogP contribution >= 0.6 is 0 Å². The van der Waals surface area contributed by atoms with Gasteiger partial charge < -0.3 is 14.8 Å². The van der Waals surface area contributed by atoms with Crippen molar-refractivity contribution in [1.82, 2.24) is 25.0 Å². The Morgan fingerprint density at radius 3 is 2.44 bits per heavy atom. The van der Waals surface area contributed by atoms with Crippen molar-refractivity contribution in [2.75, 3.05) is 7.05 Å². The summed E-state index contributed by atoms with van der Waals surface area (Å²) in [5.41, 5.74) is 2.09. The van der Waals surface area contributed by atoms with Crippen LogP contribution in [0.1, 0.15) is 90.4 Å². The summed E-state index contributed by atoms with van der Waals surface area (Å²) in [6.45, 7) is 1.89. The van der Waals surface area contributed by atoms with E-state index in [9.17, 15) is 14.4 Å². The zero-order valence-corrected chi connectivity index (χ0v) is 20.9. The van der Waals surface area contributed by atoms with Gasteiger partial charge in [-0.3, -0.25) is 19.5 Å². The molecule has 8 nitrogen and oxygen atoms in total. The standard InChI is InChI=1S/C28H33N5O3/c1-18(24-15-25(31-30-24)19-9-5-3-6-10-19)32(2)28(36)23-17-33(21-11-7-4-8-12-21)16-22(26(23)34)27(35)29-20-13-14-20/h3,5-6,9-10,15-18,20-21H,4,7-8,11-14H2,1-2H3,(H,29,35)(H,30,31)/t18-/m1/s1. The Kier molecular flexibility index (Phi) is 6.76. The Bertz CT molecular complexity index is 1300. The van der Waals surface area contributed by atoms with Crippen molar-refractivity contribution in [2.45, 2.75) is 70.0 Å². The van der Waals surface area contributed by atoms with Crippen molar-refractivity contribution in [3.05, 3.63) is 75.8 Å². The van der Waals surface area contributed by atoms with Gasteiger partial charge in [0.2, 0.25) is 5.43 Å². The molecule has 0 spiro atoms. The van der Waals surface area contributed by atoms with Crippen LogP contribution in [0.15, 0.2) is 53.6 Å². The number of hydrogen-bond acceptors (Lipinski definition) is 4. The molecule has 3 aromatic rings. The Morgan fingerprint density at radius 2 is 1.75 bits per heavy atom. The molecule has 5 rings (SSSR count). The Balaban J connectivity index is 1.44. The fourth-order valence-electron chi connectivity index (χ4n) is 4.87. The van der Waals surface area contributed by atoms with Gasteiger partial charge in [0, 0.05) is 37.1 Å². The van der Waals surface area contributed by atoms with Crippen LogP contribution in [0.4, 0.5) is 0 Å². The molecule has 8 heteroatoms. The van der Waals surface area contributed by atoms with Crippen molar-refractivity contribution in [1.29, 1.82) is 0 Å². The number of hydrogen-bond donors (Lipinski definition) is 2. The minimum atomic E-state index is -0.515. The Morgan fingerprint density at radius 1 is 1.06 bits per heavy atom. The molecule has 0 radical (unpaired) electrons. The fourth-order valence-corrected chi connectivity index (χ4v) is 4.87. The highest BCUT2D eigenvalue weighted by molar-refractivity contribution is 5.99. The Labute approximate surface area is 210 Å². The summed E-state index contributed by atoms with van der Waals surface area (Å²) in [5, 5.41) is 10.4. The van der Waals surface area contributed by atoms with Gasteiger partial charge in [-0.15, -0.1) is 0 Å². The first kappa shape index (κ1) is 24.0. The maximum Gasteiger partial charge on any atom is 0.259 e. The number of nitrogens with zero attached hydrogens (tertiary/aromatic N) is 3. The number of amides is 2. The molecule has 0 bridgehead atoms. The number of aromatic amines is 1. The molecule has 2 aromatic heterocycles. The summed E-state index contributed by atoms with van der Waals surface area (Å²) >= 11 is 0. The van der Waals surface area contributed by atoms with Crippen molar-refractivity contribution in [2.24, 2.45) is 0 Å². The number of H-pyrrole nitrogens is 1. The third-order valence-electron chi connectivity index (χ3n) is 7.45. The lowest BCUT2D eigenvalue weighted by atomic mass is 9.95. The van der Waals surface area contributed by atoms with Gasteiger partial charge in [0.15, 0.2) is 0 Å². The van der Waals surface area contributed by atoms with Gasteiger partial charge in [-0.2, -0.15) is 5.10 Å². The van der Waals surface area contributed by atoms with Gasteiger partial charge in [-0.05, 0) is 38.7 Å². The normalized spacial score (nSPS) is 16.9. The van der Waals surface area contributed by atoms with E-state index < -0.39 is 17.2 Å². The molecule has 0 aliphatic heterocycles. The van der Waals surface area contributed by atoms with Crippen molar-refractivity contribution < 1.29 is 9.59 Å². The SMILES string of the molecule is C[C@H](c1cc(-c2ccccc2)n[nH]1)N(C)C(=O)c1cn(C2CCCCC2)cc(C(=O)NC2CC2)c1=O. The minimum Gasteiger partial charge on any atom is -0.349 e. The summed E-state index contributed by atoms with van der Waals surface area (Å²) in [5.74, 6) is -0.799. The second-order valence-electron chi connectivity index (χ2n) is 10.1. The first-order valence-corrected chi connectivity index (χ1v) is 12.9. The molecule has 1 atom stereocenters. The molecule has 2 heterocycles. The second-order valence-corrected chi connectivity index (χ2v) is 10.1. The van der Waals surface area contributed by atoms with E-state index in [0.29, 0.717) is 0 Å². The lowest BCUT2D eigenvalue weighted by Crippen LogP contribution is -2.38. The van der Waals surface area contributed by atoms with E-state index in [0.717, 1.165) is 55.5 Å². The van der Waals surface area contributed by atoms with E-state index in [1.54, 1.807) is 19.4 Å². The third kappa shape index (κ3) is 4.98. The van der Waals surface area contributed by atoms with Gasteiger partial charge in [0.1, 0.15) is 11.1 Å². The smallest absolute Gasteiger partial charge is 0.259 e. The van der Waals surface area contributed by atoms with E-state index in [2.05, 4.69) is 15.5 Å². The van der Waals surface area contributed by atoms with Crippen LogP contribution in [-0.2, 0) is 0 Å². The molecular formula is C28H33N5O3. The monoisotopic (exact) mass is 487 g/mol. The molecule has 2 N–H and O–H groups in total. The topological polar surface area (TPSA) is 100 Å². The lowest BCUT2D eigenvalue weighted by molar-refractivity contribution is 0.0737. The number of nitrogens with one attached hydrogen (secondary N) is 2. The van der Waals surface area contributed by atoms with Crippen molar-refractivity contribution in [3.8, 4) is 11.3 Å². The maximum atomic E-state index is 13.6. The van der Waals surface area contributed by atoms with Gasteiger partial charge in [0.25, 0.3) is 11.8 Å². The van der Waals surface area contributed by atoms with Crippen LogP contribution in [0, 0.1) is 0 Å². The molecule has 2 aliphatic carbocycles. The molecule has 2 saturated carbocycles. The lowest BCUT2D eigenvalue weighted by Gasteiger charge is -2.27. The maximum absolute atomic E-state index is 13.6. The second kappa shape index (κ2) is 10.1. The highest BCUT2D eigenvalue weighted by Gasteiger charge is 2.29. The number of carbonyl (C=O) groups excluding carboxylic acids is 2. The van der Waals surface area contributed by atoms with E-state index in [1.807, 2.05) is 47.9 Å². The highest BCUT2D eigenvalue weighted by atomic mass is 16.2. The van der Waals surface area contributed by atoms with Crippen LogP contribution in [-0.4, -0.2) is 44.6 Å². The van der Waals surface area contributed by atoms with Crippen LogP contribution < -0.4 is 10.7 Å². The molecule has 36 heavy (non-hydrogen) atoms. The molecule has 0 unspecified atom stereocenters. The van der Waals surface area contributed by atoms with E-state index in [-0.39, 0.29) is 29.3 Å². The first-order valence-electron chi connectivity index (χ1n) is 12.9. The molecule has 2 amide bonds. The summed E-state index contributed by atoms with van der Waals surface area (Å²) in [7, 11) is 1.68. The largest absolute Gasteiger partial charge is 0.349 e. The summed E-state index contributed by atoms with van der Waals surface area (Å²) in [6, 6.07) is 11.7. The van der Waals surface area contributed by atoms with E-state index in [1.165, 1.54) is 11.3 Å². The number of carbonyl (C=O) groups is 2. The number of aromatic nitrogens is 3. The van der Waals surface area contributed by atoms with E-state index >= 15 is 0 Å². The molecular weight excluding hydrogens is 454 g/mol. The van der Waals surface area contributed by atoms with Crippen LogP contribution in [0.2, 0.25) is 0 Å². The average molecular weight is 488 g/mol. The van der Waals surface area contributed by atoms with Crippen LogP contribution in [0.5, 0.6) is 0 Å². The van der Waals surface area contributed by atoms with Gasteiger partial charge >= 0.3 is 0 Å². The average Bonchev–Trinajstić information content (AvgIpc) is 3.59. The predicted octanol–water partition coefficient (Wildman–Crippen LogP) is 4.47. The highest BCUT2D eigenvalue weighted by Crippen LogP contribution is 2.29. The molecule has 188 valence electrons. The zero-order valence-electron chi connectivity index (χ0n) is 20.9. The van der Waals surface area contributed by atoms with Crippen molar-refractivity contribution >= 4 is 11.8 Å². The summed E-state index contributed by atoms with van der Waals surface area (Å²) in [6.07, 6.45) is 10.5. The summed E-state index contributed by atoms with van der Waals surface area (Å²) < 4.78 is 1.93. The predicted molar refractivity (Wildman–Crippen MR) is 138 cm³/mol. The quantitative estimate of drug-likeness (QED) is 0.514. The van der Waals surface area contributed by atoms with E-state index in [4.69, 9.17) is 0 Å². The molecule has 0 saturated heterocycles. The minimum absolute atomic E-state index is 0.0289. The third-order valence-corrected chi connectivity index (χ3v) is 7.45. The zero-order chi connectivity index (χ0) is 25.2. The molecule has 2 aliphatic rings. The van der Waals surface area contributed by atoms with Gasteiger partial charge in [-0.25, -0.2) is 0 Å². The molecule has 2 fully saturated rings. The van der Waals surface area contributed by atoms with Crippen LogP contribution in [0.25, 0.3) is 11.3 Å². The first-order chi connectivity index (χ1) is 17.4. The Hall–Kier alpha value is -3.68. The van der Waals surface area contributed by atoms with Crippen LogP contribution in [0.3, 0.4) is 0 Å². The number of pyridine rings is 1.